The Bertz CT molecular complexity index is 621. The number of ether oxygens (including phenoxy) is 2. The SMILES string of the molecule is COC1CN(S(=O)(=O)c2ccccc2C(N)=S)CC1OC. The van der Waals surface area contributed by atoms with Crippen molar-refractivity contribution in [1.82, 2.24) is 4.31 Å². The number of nitrogens with zero attached hydrogens (tertiary/aromatic N) is 1. The van der Waals surface area contributed by atoms with Crippen molar-refractivity contribution in [2.75, 3.05) is 27.3 Å². The van der Waals surface area contributed by atoms with Crippen molar-refractivity contribution >= 4 is 27.2 Å². The number of sulfonamides is 1. The van der Waals surface area contributed by atoms with Crippen molar-refractivity contribution < 1.29 is 17.9 Å². The van der Waals surface area contributed by atoms with Gasteiger partial charge in [0.25, 0.3) is 0 Å². The van der Waals surface area contributed by atoms with E-state index in [1.165, 1.54) is 24.6 Å². The number of hydrogen-bond acceptors (Lipinski definition) is 5. The molecule has 2 atom stereocenters. The van der Waals surface area contributed by atoms with Gasteiger partial charge in [-0.1, -0.05) is 30.4 Å². The molecule has 0 saturated carbocycles. The summed E-state index contributed by atoms with van der Waals surface area (Å²) in [5.74, 6) is 0. The zero-order valence-electron chi connectivity index (χ0n) is 11.9. The minimum absolute atomic E-state index is 0.0555. The Kier molecular flexibility index (Phi) is 4.95. The van der Waals surface area contributed by atoms with Crippen LogP contribution in [0.3, 0.4) is 0 Å². The summed E-state index contributed by atoms with van der Waals surface area (Å²) >= 11 is 4.93. The van der Waals surface area contributed by atoms with Crippen LogP contribution in [0.2, 0.25) is 0 Å². The summed E-state index contributed by atoms with van der Waals surface area (Å²) in [6.07, 6.45) is -0.580. The molecular formula is C13H18N2O4S2. The van der Waals surface area contributed by atoms with E-state index in [1.54, 1.807) is 18.2 Å². The summed E-state index contributed by atoms with van der Waals surface area (Å²) in [5.41, 5.74) is 5.97. The maximum Gasteiger partial charge on any atom is 0.243 e. The van der Waals surface area contributed by atoms with E-state index < -0.39 is 10.0 Å². The van der Waals surface area contributed by atoms with Crippen LogP contribution >= 0.6 is 12.2 Å². The molecule has 1 saturated heterocycles. The summed E-state index contributed by atoms with van der Waals surface area (Å²) in [7, 11) is -0.620. The van der Waals surface area contributed by atoms with Gasteiger partial charge in [-0.15, -0.1) is 0 Å². The molecule has 1 fully saturated rings. The Morgan fingerprint density at radius 3 is 2.24 bits per heavy atom. The fourth-order valence-electron chi connectivity index (χ4n) is 2.39. The molecule has 1 aromatic carbocycles. The molecule has 1 aliphatic rings. The normalized spacial score (nSPS) is 23.3. The highest BCUT2D eigenvalue weighted by Crippen LogP contribution is 2.26. The number of rotatable bonds is 5. The maximum absolute atomic E-state index is 12.8. The van der Waals surface area contributed by atoms with E-state index in [1.807, 2.05) is 0 Å². The lowest BCUT2D eigenvalue weighted by Gasteiger charge is -2.18. The van der Waals surface area contributed by atoms with Crippen LogP contribution in [0.5, 0.6) is 0 Å². The van der Waals surface area contributed by atoms with Crippen molar-refractivity contribution in [3.05, 3.63) is 29.8 Å². The van der Waals surface area contributed by atoms with Crippen molar-refractivity contribution in [2.24, 2.45) is 5.73 Å². The molecule has 1 aliphatic heterocycles. The quantitative estimate of drug-likeness (QED) is 0.785. The maximum atomic E-state index is 12.8. The van der Waals surface area contributed by atoms with Crippen LogP contribution < -0.4 is 5.73 Å². The van der Waals surface area contributed by atoms with Gasteiger partial charge in [0.2, 0.25) is 10.0 Å². The first-order chi connectivity index (χ1) is 9.91. The molecule has 2 rings (SSSR count). The highest BCUT2D eigenvalue weighted by molar-refractivity contribution is 7.89. The van der Waals surface area contributed by atoms with Gasteiger partial charge in [0.15, 0.2) is 0 Å². The average Bonchev–Trinajstić information content (AvgIpc) is 2.91. The number of hydrogen-bond donors (Lipinski definition) is 1. The van der Waals surface area contributed by atoms with Gasteiger partial charge in [0.05, 0.1) is 17.1 Å². The van der Waals surface area contributed by atoms with Crippen LogP contribution in [0.15, 0.2) is 29.2 Å². The Morgan fingerprint density at radius 2 is 1.76 bits per heavy atom. The number of thiocarbonyl (C=S) groups is 1. The van der Waals surface area contributed by atoms with Crippen molar-refractivity contribution in [3.8, 4) is 0 Å². The Labute approximate surface area is 129 Å². The molecule has 0 spiro atoms. The predicted molar refractivity (Wildman–Crippen MR) is 82.7 cm³/mol. The smallest absolute Gasteiger partial charge is 0.243 e. The van der Waals surface area contributed by atoms with Crippen LogP contribution in [0.1, 0.15) is 5.56 Å². The Morgan fingerprint density at radius 1 is 1.24 bits per heavy atom. The lowest BCUT2D eigenvalue weighted by atomic mass is 10.2. The second-order valence-electron chi connectivity index (χ2n) is 4.73. The van der Waals surface area contributed by atoms with E-state index in [0.29, 0.717) is 5.56 Å². The second kappa shape index (κ2) is 6.37. The van der Waals surface area contributed by atoms with E-state index in [2.05, 4.69) is 0 Å². The highest BCUT2D eigenvalue weighted by atomic mass is 32.2. The molecule has 0 aromatic heterocycles. The van der Waals surface area contributed by atoms with Crippen LogP contribution in [-0.4, -0.2) is 57.2 Å². The molecule has 0 radical (unpaired) electrons. The topological polar surface area (TPSA) is 81.9 Å². The second-order valence-corrected chi connectivity index (χ2v) is 7.08. The lowest BCUT2D eigenvalue weighted by molar-refractivity contribution is -0.00461. The molecule has 0 aliphatic carbocycles. The molecule has 0 amide bonds. The third-order valence-electron chi connectivity index (χ3n) is 3.56. The molecule has 6 nitrogen and oxygen atoms in total. The zero-order chi connectivity index (χ0) is 15.6. The van der Waals surface area contributed by atoms with Gasteiger partial charge < -0.3 is 15.2 Å². The van der Waals surface area contributed by atoms with E-state index in [9.17, 15) is 8.42 Å². The molecular weight excluding hydrogens is 312 g/mol. The van der Waals surface area contributed by atoms with Crippen molar-refractivity contribution in [3.63, 3.8) is 0 Å². The summed E-state index contributed by atoms with van der Waals surface area (Å²) < 4.78 is 37.4. The van der Waals surface area contributed by atoms with Crippen LogP contribution in [0.4, 0.5) is 0 Å². The van der Waals surface area contributed by atoms with Gasteiger partial charge in [-0.05, 0) is 6.07 Å². The minimum atomic E-state index is -3.69. The van der Waals surface area contributed by atoms with Crippen molar-refractivity contribution in [1.29, 1.82) is 0 Å². The lowest BCUT2D eigenvalue weighted by Crippen LogP contribution is -2.31. The first kappa shape index (κ1) is 16.3. The summed E-state index contributed by atoms with van der Waals surface area (Å²) in [5, 5.41) is 0. The fraction of sp³-hybridized carbons (Fsp3) is 0.462. The van der Waals surface area contributed by atoms with E-state index in [0.717, 1.165) is 0 Å². The minimum Gasteiger partial charge on any atom is -0.389 e. The first-order valence-electron chi connectivity index (χ1n) is 6.36. The number of benzene rings is 1. The van der Waals surface area contributed by atoms with Crippen molar-refractivity contribution in [2.45, 2.75) is 17.1 Å². The molecule has 1 heterocycles. The Balaban J connectivity index is 2.38. The van der Waals surface area contributed by atoms with E-state index in [4.69, 9.17) is 27.4 Å². The molecule has 2 N–H and O–H groups in total. The molecule has 21 heavy (non-hydrogen) atoms. The van der Waals surface area contributed by atoms with Gasteiger partial charge in [0, 0.05) is 32.9 Å². The van der Waals surface area contributed by atoms with E-state index >= 15 is 0 Å². The standard InChI is InChI=1S/C13H18N2O4S2/c1-18-10-7-15(8-11(10)19-2)21(16,17)12-6-4-3-5-9(12)13(14)20/h3-6,10-11H,7-8H2,1-2H3,(H2,14,20). The number of methoxy groups -OCH3 is 2. The first-order valence-corrected chi connectivity index (χ1v) is 8.21. The predicted octanol–water partition coefficient (Wildman–Crippen LogP) is 0.355. The van der Waals surface area contributed by atoms with Gasteiger partial charge >= 0.3 is 0 Å². The van der Waals surface area contributed by atoms with Gasteiger partial charge in [-0.2, -0.15) is 4.31 Å². The molecule has 116 valence electrons. The van der Waals surface area contributed by atoms with Crippen LogP contribution in [-0.2, 0) is 19.5 Å². The molecule has 8 heteroatoms. The molecule has 1 aromatic rings. The zero-order valence-corrected chi connectivity index (χ0v) is 13.5. The third-order valence-corrected chi connectivity index (χ3v) is 5.67. The highest BCUT2D eigenvalue weighted by Gasteiger charge is 2.40. The number of nitrogens with two attached hydrogens (primary N) is 1. The Hall–Kier alpha value is -1.06. The fourth-order valence-corrected chi connectivity index (χ4v) is 4.31. The molecule has 0 bridgehead atoms. The monoisotopic (exact) mass is 330 g/mol. The summed E-state index contributed by atoms with van der Waals surface area (Å²) in [6.45, 7) is 0.478. The van der Waals surface area contributed by atoms with E-state index in [-0.39, 0.29) is 35.2 Å². The largest absolute Gasteiger partial charge is 0.389 e. The summed E-state index contributed by atoms with van der Waals surface area (Å²) in [6, 6.07) is 6.46. The van der Waals surface area contributed by atoms with Gasteiger partial charge in [-0.25, -0.2) is 8.42 Å². The summed E-state index contributed by atoms with van der Waals surface area (Å²) in [4.78, 5) is 0.170. The van der Waals surface area contributed by atoms with Crippen LogP contribution in [0.25, 0.3) is 0 Å². The third kappa shape index (κ3) is 3.09. The van der Waals surface area contributed by atoms with Gasteiger partial charge in [-0.3, -0.25) is 0 Å². The van der Waals surface area contributed by atoms with Gasteiger partial charge in [0.1, 0.15) is 4.99 Å². The molecule has 2 unspecified atom stereocenters. The van der Waals surface area contributed by atoms with Crippen LogP contribution in [0, 0.1) is 0 Å². The average molecular weight is 330 g/mol.